The summed E-state index contributed by atoms with van der Waals surface area (Å²) in [6, 6.07) is 0. The van der Waals surface area contributed by atoms with Crippen LogP contribution < -0.4 is 0 Å². The molecule has 3 aliphatic rings. The maximum Gasteiger partial charge on any atom is 0.0967 e. The number of hydrogen-bond donors (Lipinski definition) is 0. The van der Waals surface area contributed by atoms with Crippen molar-refractivity contribution in [2.75, 3.05) is 0 Å². The molecule has 2 aliphatic carbocycles. The van der Waals surface area contributed by atoms with E-state index >= 15 is 0 Å². The third kappa shape index (κ3) is 1.15. The second kappa shape index (κ2) is 3.01. The molecule has 0 unspecified atom stereocenters. The summed E-state index contributed by atoms with van der Waals surface area (Å²) in [4.78, 5) is 0. The van der Waals surface area contributed by atoms with E-state index in [4.69, 9.17) is 4.74 Å². The van der Waals surface area contributed by atoms with Gasteiger partial charge in [-0.2, -0.15) is 0 Å². The monoisotopic (exact) mass is 218 g/mol. The molecule has 1 fully saturated rings. The fraction of sp³-hybridized carbons (Fsp3) is 0.733. The molecule has 0 aromatic heterocycles. The lowest BCUT2D eigenvalue weighted by Crippen LogP contribution is -2.39. The van der Waals surface area contributed by atoms with Crippen LogP contribution >= 0.6 is 0 Å². The Kier molecular flexibility index (Phi) is 1.99. The van der Waals surface area contributed by atoms with E-state index < -0.39 is 0 Å². The Morgan fingerprint density at radius 2 is 1.94 bits per heavy atom. The van der Waals surface area contributed by atoms with Crippen molar-refractivity contribution in [2.24, 2.45) is 11.8 Å². The molecule has 1 heteroatoms. The molecule has 0 N–H and O–H groups in total. The smallest absolute Gasteiger partial charge is 0.0967 e. The van der Waals surface area contributed by atoms with Crippen LogP contribution in [0.1, 0.15) is 47.0 Å². The second-order valence-electron chi connectivity index (χ2n) is 6.36. The van der Waals surface area contributed by atoms with Crippen LogP contribution in [0.4, 0.5) is 0 Å². The molecule has 1 saturated heterocycles. The van der Waals surface area contributed by atoms with Gasteiger partial charge in [-0.15, -0.1) is 0 Å². The molecule has 1 nitrogen and oxygen atoms in total. The van der Waals surface area contributed by atoms with Gasteiger partial charge in [-0.05, 0) is 58.4 Å². The first kappa shape index (κ1) is 10.6. The summed E-state index contributed by atoms with van der Waals surface area (Å²) in [5, 5.41) is 0. The van der Waals surface area contributed by atoms with E-state index in [-0.39, 0.29) is 11.2 Å². The highest BCUT2D eigenvalue weighted by Crippen LogP contribution is 2.57. The van der Waals surface area contributed by atoms with Crippen molar-refractivity contribution in [3.8, 4) is 0 Å². The molecule has 0 aromatic rings. The predicted octanol–water partition coefficient (Wildman–Crippen LogP) is 3.86. The number of hydrogen-bond acceptors (Lipinski definition) is 1. The summed E-state index contributed by atoms with van der Waals surface area (Å²) < 4.78 is 6.54. The third-order valence-corrected chi connectivity index (χ3v) is 5.14. The second-order valence-corrected chi connectivity index (χ2v) is 6.36. The maximum atomic E-state index is 6.54. The van der Waals surface area contributed by atoms with Crippen molar-refractivity contribution in [1.82, 2.24) is 0 Å². The summed E-state index contributed by atoms with van der Waals surface area (Å²) in [6.45, 7) is 9.08. The van der Waals surface area contributed by atoms with Crippen molar-refractivity contribution in [1.29, 1.82) is 0 Å². The highest BCUT2D eigenvalue weighted by atomic mass is 16.5. The minimum absolute atomic E-state index is 0.0469. The van der Waals surface area contributed by atoms with Crippen LogP contribution in [0.25, 0.3) is 0 Å². The molecule has 16 heavy (non-hydrogen) atoms. The van der Waals surface area contributed by atoms with Crippen molar-refractivity contribution >= 4 is 0 Å². The molecule has 0 aromatic carbocycles. The maximum absolute atomic E-state index is 6.54. The van der Waals surface area contributed by atoms with Crippen LogP contribution in [0.15, 0.2) is 23.3 Å². The average molecular weight is 218 g/mol. The summed E-state index contributed by atoms with van der Waals surface area (Å²) in [5.41, 5.74) is 3.12. The Morgan fingerprint density at radius 3 is 2.69 bits per heavy atom. The van der Waals surface area contributed by atoms with Crippen molar-refractivity contribution < 1.29 is 4.74 Å². The Hall–Kier alpha value is -0.560. The molecule has 88 valence electrons. The molecule has 1 spiro atoms. The first-order valence-electron chi connectivity index (χ1n) is 6.50. The lowest BCUT2D eigenvalue weighted by atomic mass is 9.79. The van der Waals surface area contributed by atoms with Crippen LogP contribution in [0, 0.1) is 11.8 Å². The minimum atomic E-state index is 0.0469. The third-order valence-electron chi connectivity index (χ3n) is 5.14. The molecule has 1 aliphatic heterocycles. The Balaban J connectivity index is 2.11. The van der Waals surface area contributed by atoms with Gasteiger partial charge in [0.05, 0.1) is 11.2 Å². The van der Waals surface area contributed by atoms with Crippen LogP contribution in [0.5, 0.6) is 0 Å². The molecule has 0 radical (unpaired) electrons. The number of ether oxygens (including phenoxy) is 1. The number of rotatable bonds is 0. The molecule has 2 bridgehead atoms. The van der Waals surface area contributed by atoms with Crippen LogP contribution in [0.3, 0.4) is 0 Å². The predicted molar refractivity (Wildman–Crippen MR) is 66.2 cm³/mol. The normalized spacial score (nSPS) is 44.8. The minimum Gasteiger partial charge on any atom is -0.364 e. The number of fused-ring (bicyclic) bond motifs is 1. The molecule has 1 heterocycles. The van der Waals surface area contributed by atoms with E-state index in [1.54, 1.807) is 5.57 Å². The van der Waals surface area contributed by atoms with Gasteiger partial charge in [-0.25, -0.2) is 0 Å². The summed E-state index contributed by atoms with van der Waals surface area (Å²) in [7, 11) is 0. The van der Waals surface area contributed by atoms with Gasteiger partial charge in [-0.1, -0.05) is 17.7 Å². The van der Waals surface area contributed by atoms with Gasteiger partial charge in [0, 0.05) is 5.92 Å². The van der Waals surface area contributed by atoms with E-state index in [9.17, 15) is 0 Å². The molecular weight excluding hydrogens is 196 g/mol. The highest BCUT2D eigenvalue weighted by Gasteiger charge is 2.57. The fourth-order valence-electron chi connectivity index (χ4n) is 3.98. The SMILES string of the molecule is CC1=CC[C@@H]2C[C@]3(OC2(C)C)C(C)=CC[C@H]13. The Bertz CT molecular complexity index is 388. The van der Waals surface area contributed by atoms with E-state index in [2.05, 4.69) is 39.8 Å². The van der Waals surface area contributed by atoms with Crippen LogP contribution in [0.2, 0.25) is 0 Å². The van der Waals surface area contributed by atoms with Gasteiger partial charge in [0.2, 0.25) is 0 Å². The average Bonchev–Trinajstić information content (AvgIpc) is 2.57. The van der Waals surface area contributed by atoms with Gasteiger partial charge < -0.3 is 4.74 Å². The van der Waals surface area contributed by atoms with Crippen molar-refractivity contribution in [3.63, 3.8) is 0 Å². The fourth-order valence-corrected chi connectivity index (χ4v) is 3.98. The Labute approximate surface area is 98.6 Å². The largest absolute Gasteiger partial charge is 0.364 e. The quantitative estimate of drug-likeness (QED) is 0.561. The van der Waals surface area contributed by atoms with E-state index in [0.29, 0.717) is 11.8 Å². The van der Waals surface area contributed by atoms with Crippen molar-refractivity contribution in [3.05, 3.63) is 23.3 Å². The molecule has 0 amide bonds. The van der Waals surface area contributed by atoms with E-state index in [0.717, 1.165) is 0 Å². The molecule has 3 atom stereocenters. The summed E-state index contributed by atoms with van der Waals surface area (Å²) in [5.74, 6) is 1.30. The number of allylic oxidation sites excluding steroid dienone is 2. The molecule has 3 rings (SSSR count). The molecule has 0 saturated carbocycles. The summed E-state index contributed by atoms with van der Waals surface area (Å²) >= 11 is 0. The van der Waals surface area contributed by atoms with Crippen LogP contribution in [-0.4, -0.2) is 11.2 Å². The van der Waals surface area contributed by atoms with E-state index in [1.807, 2.05) is 0 Å². The van der Waals surface area contributed by atoms with Crippen LogP contribution in [-0.2, 0) is 4.74 Å². The van der Waals surface area contributed by atoms with Gasteiger partial charge in [-0.3, -0.25) is 0 Å². The first-order chi connectivity index (χ1) is 7.46. The standard InChI is InChI=1S/C15H22O/c1-10-5-7-12-9-15(16-14(12,3)4)11(2)6-8-13(10)15/h5-6,12-13H,7-9H2,1-4H3/t12-,13-,15+/m1/s1. The topological polar surface area (TPSA) is 9.23 Å². The lowest BCUT2D eigenvalue weighted by Gasteiger charge is -2.37. The Morgan fingerprint density at radius 1 is 1.19 bits per heavy atom. The van der Waals surface area contributed by atoms with E-state index in [1.165, 1.54) is 24.8 Å². The van der Waals surface area contributed by atoms with Gasteiger partial charge in [0.15, 0.2) is 0 Å². The lowest BCUT2D eigenvalue weighted by molar-refractivity contribution is -0.0913. The zero-order valence-corrected chi connectivity index (χ0v) is 10.8. The zero-order chi connectivity index (χ0) is 11.6. The first-order valence-corrected chi connectivity index (χ1v) is 6.50. The summed E-state index contributed by atoms with van der Waals surface area (Å²) in [6.07, 6.45) is 8.46. The van der Waals surface area contributed by atoms with Crippen molar-refractivity contribution in [2.45, 2.75) is 58.2 Å². The van der Waals surface area contributed by atoms with Gasteiger partial charge in [0.25, 0.3) is 0 Å². The molecular formula is C15H22O. The highest BCUT2D eigenvalue weighted by molar-refractivity contribution is 5.35. The van der Waals surface area contributed by atoms with Gasteiger partial charge >= 0.3 is 0 Å². The van der Waals surface area contributed by atoms with Gasteiger partial charge in [0.1, 0.15) is 0 Å². The zero-order valence-electron chi connectivity index (χ0n) is 10.8.